The Morgan fingerprint density at radius 2 is 2.16 bits per heavy atom. The molecule has 19 heavy (non-hydrogen) atoms. The Morgan fingerprint density at radius 1 is 1.32 bits per heavy atom. The first-order valence-corrected chi connectivity index (χ1v) is 7.27. The summed E-state index contributed by atoms with van der Waals surface area (Å²) < 4.78 is 0. The summed E-state index contributed by atoms with van der Waals surface area (Å²) in [4.78, 5) is 11.0. The molecule has 0 spiro atoms. The molecule has 0 amide bonds. The summed E-state index contributed by atoms with van der Waals surface area (Å²) in [6.45, 7) is 3.40. The summed E-state index contributed by atoms with van der Waals surface area (Å²) >= 11 is 1.43. The highest BCUT2D eigenvalue weighted by molar-refractivity contribution is 7.19. The Bertz CT molecular complexity index is 547. The number of rotatable bonds is 4. The Morgan fingerprint density at radius 3 is 2.89 bits per heavy atom. The van der Waals surface area contributed by atoms with Crippen LogP contribution in [-0.2, 0) is 6.54 Å². The lowest BCUT2D eigenvalue weighted by Gasteiger charge is -2.14. The highest BCUT2D eigenvalue weighted by Crippen LogP contribution is 2.23. The van der Waals surface area contributed by atoms with E-state index in [-0.39, 0.29) is 0 Å². The molecule has 1 aliphatic heterocycles. The zero-order chi connectivity index (χ0) is 13.1. The van der Waals surface area contributed by atoms with Crippen molar-refractivity contribution in [1.29, 1.82) is 0 Å². The first kappa shape index (κ1) is 12.4. The summed E-state index contributed by atoms with van der Waals surface area (Å²) in [5, 5.41) is 4.67. The lowest BCUT2D eigenvalue weighted by atomic mass is 10.2. The molecule has 0 bridgehead atoms. The molecule has 0 aliphatic carbocycles. The van der Waals surface area contributed by atoms with Gasteiger partial charge in [-0.1, -0.05) is 11.3 Å². The van der Waals surface area contributed by atoms with Gasteiger partial charge in [0, 0.05) is 12.7 Å². The molecule has 3 heterocycles. The van der Waals surface area contributed by atoms with E-state index in [0.717, 1.165) is 17.5 Å². The number of nitrogens with one attached hydrogen (secondary N) is 1. The van der Waals surface area contributed by atoms with Crippen LogP contribution in [0.3, 0.4) is 0 Å². The third kappa shape index (κ3) is 3.21. The molecule has 0 atom stereocenters. The largest absolute Gasteiger partial charge is 0.389 e. The zero-order valence-electron chi connectivity index (χ0n) is 10.7. The average Bonchev–Trinajstić information content (AvgIpc) is 3.02. The average molecular weight is 275 g/mol. The van der Waals surface area contributed by atoms with E-state index in [1.54, 1.807) is 6.20 Å². The molecule has 0 saturated carbocycles. The smallest absolute Gasteiger partial charge is 0.190 e. The van der Waals surface area contributed by atoms with Crippen molar-refractivity contribution in [3.05, 3.63) is 30.1 Å². The lowest BCUT2D eigenvalue weighted by molar-refractivity contribution is 0.331. The van der Waals surface area contributed by atoms with Crippen LogP contribution in [0.2, 0.25) is 0 Å². The minimum absolute atomic E-state index is 0.704. The fraction of sp³-hybridized carbons (Fsp3) is 0.385. The van der Waals surface area contributed by atoms with Gasteiger partial charge in [0.05, 0.1) is 6.20 Å². The number of aromatic nitrogens is 2. The summed E-state index contributed by atoms with van der Waals surface area (Å²) in [6, 6.07) is 4.15. The van der Waals surface area contributed by atoms with Crippen molar-refractivity contribution in [2.45, 2.75) is 19.4 Å². The van der Waals surface area contributed by atoms with Crippen molar-refractivity contribution in [3.63, 3.8) is 0 Å². The van der Waals surface area contributed by atoms with Gasteiger partial charge in [-0.05, 0) is 43.6 Å². The van der Waals surface area contributed by atoms with Gasteiger partial charge in [-0.2, -0.15) is 0 Å². The Labute approximate surface area is 116 Å². The molecule has 0 radical (unpaired) electrons. The van der Waals surface area contributed by atoms with Crippen LogP contribution in [-0.4, -0.2) is 28.0 Å². The van der Waals surface area contributed by atoms with Crippen molar-refractivity contribution < 1.29 is 0 Å². The molecule has 1 fully saturated rings. The van der Waals surface area contributed by atoms with Crippen LogP contribution in [0.5, 0.6) is 0 Å². The monoisotopic (exact) mass is 275 g/mol. The number of anilines is 3. The highest BCUT2D eigenvalue weighted by Gasteiger charge is 2.12. The first-order valence-electron chi connectivity index (χ1n) is 6.45. The number of thiazole rings is 1. The molecule has 6 heteroatoms. The Kier molecular flexibility index (Phi) is 3.61. The zero-order valence-corrected chi connectivity index (χ0v) is 11.5. The number of hydrogen-bond donors (Lipinski definition) is 2. The van der Waals surface area contributed by atoms with Crippen molar-refractivity contribution in [2.24, 2.45) is 0 Å². The molecule has 1 saturated heterocycles. The predicted octanol–water partition coefficient (Wildman–Crippen LogP) is 2.46. The molecular formula is C13H17N5S. The summed E-state index contributed by atoms with van der Waals surface area (Å²) in [7, 11) is 0. The quantitative estimate of drug-likeness (QED) is 0.897. The van der Waals surface area contributed by atoms with Gasteiger partial charge >= 0.3 is 0 Å². The van der Waals surface area contributed by atoms with E-state index >= 15 is 0 Å². The molecule has 2 aromatic rings. The predicted molar refractivity (Wildman–Crippen MR) is 78.6 cm³/mol. The summed E-state index contributed by atoms with van der Waals surface area (Å²) in [5.74, 6) is 0.825. The van der Waals surface area contributed by atoms with Crippen LogP contribution in [0.4, 0.5) is 16.0 Å². The van der Waals surface area contributed by atoms with Gasteiger partial charge in [-0.15, -0.1) is 0 Å². The fourth-order valence-electron chi connectivity index (χ4n) is 2.29. The second-order valence-electron chi connectivity index (χ2n) is 4.73. The van der Waals surface area contributed by atoms with E-state index in [1.807, 2.05) is 6.20 Å². The number of pyridine rings is 1. The third-order valence-electron chi connectivity index (χ3n) is 3.19. The second kappa shape index (κ2) is 5.54. The number of nitrogen functional groups attached to an aromatic ring is 1. The van der Waals surface area contributed by atoms with Gasteiger partial charge < -0.3 is 11.1 Å². The maximum Gasteiger partial charge on any atom is 0.190 e. The lowest BCUT2D eigenvalue weighted by Crippen LogP contribution is -2.18. The SMILES string of the molecule is Nc1cnc(Nc2cc(CN3CCCC3)ccn2)s1. The molecule has 5 nitrogen and oxygen atoms in total. The van der Waals surface area contributed by atoms with Crippen LogP contribution in [0.25, 0.3) is 0 Å². The van der Waals surface area contributed by atoms with Gasteiger partial charge in [-0.3, -0.25) is 4.90 Å². The standard InChI is InChI=1S/C13H17N5S/c14-11-8-16-13(19-11)17-12-7-10(3-4-15-12)9-18-5-1-2-6-18/h3-4,7-8H,1-2,5-6,9,14H2,(H,15,16,17). The number of hydrogen-bond acceptors (Lipinski definition) is 6. The summed E-state index contributed by atoms with van der Waals surface area (Å²) in [5.41, 5.74) is 6.94. The van der Waals surface area contributed by atoms with Crippen LogP contribution in [0, 0.1) is 0 Å². The van der Waals surface area contributed by atoms with Gasteiger partial charge in [0.15, 0.2) is 5.13 Å². The van der Waals surface area contributed by atoms with E-state index in [9.17, 15) is 0 Å². The minimum Gasteiger partial charge on any atom is -0.389 e. The van der Waals surface area contributed by atoms with Crippen LogP contribution in [0.15, 0.2) is 24.5 Å². The van der Waals surface area contributed by atoms with Crippen molar-refractivity contribution >= 4 is 27.3 Å². The van der Waals surface area contributed by atoms with Crippen LogP contribution >= 0.6 is 11.3 Å². The second-order valence-corrected chi connectivity index (χ2v) is 5.79. The highest BCUT2D eigenvalue weighted by atomic mass is 32.1. The number of likely N-dealkylation sites (tertiary alicyclic amines) is 1. The van der Waals surface area contributed by atoms with Crippen molar-refractivity contribution in [3.8, 4) is 0 Å². The van der Waals surface area contributed by atoms with Crippen molar-refractivity contribution in [1.82, 2.24) is 14.9 Å². The van der Waals surface area contributed by atoms with Crippen molar-refractivity contribution in [2.75, 3.05) is 24.1 Å². The van der Waals surface area contributed by atoms with E-state index in [0.29, 0.717) is 5.00 Å². The minimum atomic E-state index is 0.704. The maximum absolute atomic E-state index is 5.66. The maximum atomic E-state index is 5.66. The molecule has 0 unspecified atom stereocenters. The van der Waals surface area contributed by atoms with Crippen LogP contribution in [0.1, 0.15) is 18.4 Å². The number of nitrogens with zero attached hydrogens (tertiary/aromatic N) is 3. The van der Waals surface area contributed by atoms with E-state index in [2.05, 4.69) is 32.3 Å². The molecular weight excluding hydrogens is 258 g/mol. The Hall–Kier alpha value is -1.66. The topological polar surface area (TPSA) is 67.1 Å². The molecule has 2 aromatic heterocycles. The van der Waals surface area contributed by atoms with Crippen LogP contribution < -0.4 is 11.1 Å². The van der Waals surface area contributed by atoms with E-state index in [4.69, 9.17) is 5.73 Å². The van der Waals surface area contributed by atoms with Gasteiger partial charge in [0.25, 0.3) is 0 Å². The first-order chi connectivity index (χ1) is 9.29. The normalized spacial score (nSPS) is 15.8. The fourth-order valence-corrected chi connectivity index (χ4v) is 2.88. The van der Waals surface area contributed by atoms with Gasteiger partial charge in [0.1, 0.15) is 10.8 Å². The van der Waals surface area contributed by atoms with E-state index < -0.39 is 0 Å². The van der Waals surface area contributed by atoms with Gasteiger partial charge in [0.2, 0.25) is 0 Å². The molecule has 1 aliphatic rings. The van der Waals surface area contributed by atoms with Gasteiger partial charge in [-0.25, -0.2) is 9.97 Å². The third-order valence-corrected chi connectivity index (χ3v) is 3.93. The Balaban J connectivity index is 1.68. The molecule has 100 valence electrons. The van der Waals surface area contributed by atoms with E-state index in [1.165, 1.54) is 42.8 Å². The summed E-state index contributed by atoms with van der Waals surface area (Å²) in [6.07, 6.45) is 6.12. The molecule has 3 rings (SSSR count). The number of nitrogens with two attached hydrogens (primary N) is 1. The molecule has 3 N–H and O–H groups in total. The molecule has 0 aromatic carbocycles.